The van der Waals surface area contributed by atoms with Crippen LogP contribution in [0.4, 0.5) is 0 Å². The van der Waals surface area contributed by atoms with Crippen LogP contribution in [0.2, 0.25) is 19.6 Å². The molecule has 76 valence electrons. The van der Waals surface area contributed by atoms with Crippen LogP contribution in [0.25, 0.3) is 0 Å². The fourth-order valence-electron chi connectivity index (χ4n) is 0.797. The van der Waals surface area contributed by atoms with Gasteiger partial charge in [-0.2, -0.15) is 0 Å². The predicted molar refractivity (Wildman–Crippen MR) is 62.2 cm³/mol. The van der Waals surface area contributed by atoms with Gasteiger partial charge in [0.05, 0.1) is 6.26 Å². The highest BCUT2D eigenvalue weighted by Crippen LogP contribution is 2.03. The lowest BCUT2D eigenvalue weighted by Gasteiger charge is -2.14. The van der Waals surface area contributed by atoms with Crippen LogP contribution >= 0.6 is 0 Å². The molecule has 0 N–H and O–H groups in total. The Morgan fingerprint density at radius 2 is 1.62 bits per heavy atom. The molecule has 0 bridgehead atoms. The highest BCUT2D eigenvalue weighted by atomic mass is 28.4. The summed E-state index contributed by atoms with van der Waals surface area (Å²) in [6, 6.07) is 0. The maximum absolute atomic E-state index is 5.57. The Kier molecular flexibility index (Phi) is 6.68. The van der Waals surface area contributed by atoms with Crippen molar-refractivity contribution < 1.29 is 4.43 Å². The zero-order chi connectivity index (χ0) is 10.2. The van der Waals surface area contributed by atoms with Gasteiger partial charge in [0.15, 0.2) is 0 Å². The normalized spacial score (nSPS) is 12.9. The van der Waals surface area contributed by atoms with Crippen molar-refractivity contribution in [1.82, 2.24) is 0 Å². The SMILES string of the molecule is CCC=CCCC=CO[Si](C)(C)C. The topological polar surface area (TPSA) is 9.23 Å². The largest absolute Gasteiger partial charge is 0.550 e. The minimum atomic E-state index is -1.34. The first kappa shape index (κ1) is 12.5. The van der Waals surface area contributed by atoms with Gasteiger partial charge in [-0.3, -0.25) is 0 Å². The average molecular weight is 198 g/mol. The molecule has 0 aliphatic carbocycles. The van der Waals surface area contributed by atoms with Crippen molar-refractivity contribution in [2.45, 2.75) is 45.8 Å². The molecule has 0 unspecified atom stereocenters. The van der Waals surface area contributed by atoms with E-state index >= 15 is 0 Å². The minimum absolute atomic E-state index is 1.08. The van der Waals surface area contributed by atoms with Crippen LogP contribution < -0.4 is 0 Å². The van der Waals surface area contributed by atoms with Crippen molar-refractivity contribution >= 4 is 8.32 Å². The summed E-state index contributed by atoms with van der Waals surface area (Å²) in [6.07, 6.45) is 11.7. The van der Waals surface area contributed by atoms with E-state index in [9.17, 15) is 0 Å². The Bertz CT molecular complexity index is 165. The Labute approximate surface area is 83.6 Å². The lowest BCUT2D eigenvalue weighted by Crippen LogP contribution is -2.21. The molecule has 0 spiro atoms. The first-order valence-corrected chi connectivity index (χ1v) is 8.45. The molecule has 0 rings (SSSR count). The highest BCUT2D eigenvalue weighted by molar-refractivity contribution is 6.69. The van der Waals surface area contributed by atoms with Crippen molar-refractivity contribution in [2.75, 3.05) is 0 Å². The lowest BCUT2D eigenvalue weighted by atomic mass is 10.3. The second-order valence-corrected chi connectivity index (χ2v) is 8.52. The van der Waals surface area contributed by atoms with E-state index in [1.807, 2.05) is 6.26 Å². The highest BCUT2D eigenvalue weighted by Gasteiger charge is 2.12. The van der Waals surface area contributed by atoms with Gasteiger partial charge in [-0.05, 0) is 38.9 Å². The molecular formula is C11H22OSi. The van der Waals surface area contributed by atoms with Crippen molar-refractivity contribution in [2.24, 2.45) is 0 Å². The van der Waals surface area contributed by atoms with Gasteiger partial charge in [0.25, 0.3) is 0 Å². The first-order valence-electron chi connectivity index (χ1n) is 5.04. The van der Waals surface area contributed by atoms with Crippen molar-refractivity contribution in [3.8, 4) is 0 Å². The standard InChI is InChI=1S/C11H22OSi/c1-5-6-7-8-9-10-11-12-13(2,3)4/h6-7,10-11H,5,8-9H2,1-4H3. The fourth-order valence-corrected chi connectivity index (χ4v) is 1.30. The van der Waals surface area contributed by atoms with Gasteiger partial charge < -0.3 is 4.43 Å². The van der Waals surface area contributed by atoms with Crippen LogP contribution in [0.5, 0.6) is 0 Å². The molecule has 0 aliphatic heterocycles. The Morgan fingerprint density at radius 3 is 2.15 bits per heavy atom. The maximum atomic E-state index is 5.57. The third-order valence-electron chi connectivity index (χ3n) is 1.42. The molecule has 13 heavy (non-hydrogen) atoms. The van der Waals surface area contributed by atoms with Crippen molar-refractivity contribution in [3.63, 3.8) is 0 Å². The van der Waals surface area contributed by atoms with Crippen LogP contribution in [0.15, 0.2) is 24.5 Å². The molecule has 0 saturated heterocycles. The third kappa shape index (κ3) is 11.5. The van der Waals surface area contributed by atoms with Gasteiger partial charge >= 0.3 is 0 Å². The molecule has 0 heterocycles. The Morgan fingerprint density at radius 1 is 1.00 bits per heavy atom. The summed E-state index contributed by atoms with van der Waals surface area (Å²) in [5.41, 5.74) is 0. The molecule has 0 radical (unpaired) electrons. The van der Waals surface area contributed by atoms with Gasteiger partial charge in [-0.25, -0.2) is 0 Å². The average Bonchev–Trinajstić information content (AvgIpc) is 2.01. The van der Waals surface area contributed by atoms with Gasteiger partial charge in [0.1, 0.15) is 0 Å². The minimum Gasteiger partial charge on any atom is -0.550 e. The van der Waals surface area contributed by atoms with E-state index in [4.69, 9.17) is 4.43 Å². The molecule has 0 aromatic carbocycles. The summed E-state index contributed by atoms with van der Waals surface area (Å²) in [5.74, 6) is 0. The van der Waals surface area contributed by atoms with E-state index in [0.717, 1.165) is 19.3 Å². The quantitative estimate of drug-likeness (QED) is 0.270. The smallest absolute Gasteiger partial charge is 0.241 e. The van der Waals surface area contributed by atoms with E-state index in [-0.39, 0.29) is 0 Å². The Balaban J connectivity index is 3.37. The number of allylic oxidation sites excluding steroid dienone is 3. The summed E-state index contributed by atoms with van der Waals surface area (Å²) in [6.45, 7) is 8.72. The molecule has 2 heteroatoms. The zero-order valence-electron chi connectivity index (χ0n) is 9.34. The number of hydrogen-bond donors (Lipinski definition) is 0. The molecule has 0 aromatic rings. The molecule has 0 aliphatic rings. The van der Waals surface area contributed by atoms with E-state index < -0.39 is 8.32 Å². The molecule has 0 fully saturated rings. The van der Waals surface area contributed by atoms with Crippen LogP contribution in [-0.4, -0.2) is 8.32 Å². The van der Waals surface area contributed by atoms with E-state index in [0.29, 0.717) is 0 Å². The molecule has 0 aromatic heterocycles. The number of hydrogen-bond acceptors (Lipinski definition) is 1. The molecule has 1 nitrogen and oxygen atoms in total. The van der Waals surface area contributed by atoms with Gasteiger partial charge in [-0.1, -0.05) is 25.2 Å². The van der Waals surface area contributed by atoms with Crippen molar-refractivity contribution in [3.05, 3.63) is 24.5 Å². The molecular weight excluding hydrogens is 176 g/mol. The summed E-state index contributed by atoms with van der Waals surface area (Å²) in [4.78, 5) is 0. The molecule has 0 atom stereocenters. The van der Waals surface area contributed by atoms with E-state index in [2.05, 4.69) is 44.8 Å². The van der Waals surface area contributed by atoms with Crippen LogP contribution in [0, 0.1) is 0 Å². The summed E-state index contributed by atoms with van der Waals surface area (Å²) >= 11 is 0. The monoisotopic (exact) mass is 198 g/mol. The summed E-state index contributed by atoms with van der Waals surface area (Å²) in [7, 11) is -1.34. The lowest BCUT2D eigenvalue weighted by molar-refractivity contribution is 0.477. The van der Waals surface area contributed by atoms with Gasteiger partial charge in [-0.15, -0.1) is 0 Å². The zero-order valence-corrected chi connectivity index (χ0v) is 10.3. The number of rotatable bonds is 6. The first-order chi connectivity index (χ1) is 6.06. The number of unbranched alkanes of at least 4 members (excludes halogenated alkanes) is 1. The van der Waals surface area contributed by atoms with E-state index in [1.165, 1.54) is 0 Å². The van der Waals surface area contributed by atoms with Crippen LogP contribution in [0.1, 0.15) is 26.2 Å². The third-order valence-corrected chi connectivity index (χ3v) is 2.26. The van der Waals surface area contributed by atoms with Crippen LogP contribution in [-0.2, 0) is 4.43 Å². The van der Waals surface area contributed by atoms with Crippen LogP contribution in [0.3, 0.4) is 0 Å². The molecule has 0 amide bonds. The maximum Gasteiger partial charge on any atom is 0.241 e. The summed E-state index contributed by atoms with van der Waals surface area (Å²) < 4.78 is 5.57. The second-order valence-electron chi connectivity index (χ2n) is 4.06. The predicted octanol–water partition coefficient (Wildman–Crippen LogP) is 4.10. The molecule has 0 saturated carbocycles. The van der Waals surface area contributed by atoms with Gasteiger partial charge in [0, 0.05) is 0 Å². The Hall–Kier alpha value is -0.503. The second kappa shape index (κ2) is 6.95. The van der Waals surface area contributed by atoms with E-state index in [1.54, 1.807) is 0 Å². The summed E-state index contributed by atoms with van der Waals surface area (Å²) in [5, 5.41) is 0. The van der Waals surface area contributed by atoms with Gasteiger partial charge in [0.2, 0.25) is 8.32 Å². The fraction of sp³-hybridized carbons (Fsp3) is 0.636. The van der Waals surface area contributed by atoms with Crippen molar-refractivity contribution in [1.29, 1.82) is 0 Å².